The molecule has 0 heterocycles. The molecule has 0 aliphatic heterocycles. The van der Waals surface area contributed by atoms with Gasteiger partial charge in [0.1, 0.15) is 5.56 Å². The second-order valence-corrected chi connectivity index (χ2v) is 4.95. The van der Waals surface area contributed by atoms with Crippen LogP contribution in [0.5, 0.6) is 0 Å². The summed E-state index contributed by atoms with van der Waals surface area (Å²) in [5, 5.41) is 12.6. The van der Waals surface area contributed by atoms with Crippen molar-refractivity contribution in [1.29, 1.82) is 0 Å². The minimum absolute atomic E-state index is 0.226. The molecule has 1 amide bonds. The van der Waals surface area contributed by atoms with E-state index in [0.717, 1.165) is 12.1 Å². The van der Waals surface area contributed by atoms with Crippen molar-refractivity contribution in [2.45, 2.75) is 12.4 Å². The molecule has 26 heavy (non-hydrogen) atoms. The lowest BCUT2D eigenvalue weighted by Crippen LogP contribution is -2.22. The van der Waals surface area contributed by atoms with Crippen LogP contribution >= 0.6 is 0 Å². The largest absolute Gasteiger partial charge is 0.419 e. The number of hydrogen-bond donors (Lipinski definition) is 1. The maximum Gasteiger partial charge on any atom is 0.419 e. The number of carbonyl (C=O) groups is 1. The average Bonchev–Trinajstić information content (AvgIpc) is 2.52. The number of alkyl halides is 6. The molecule has 2 rings (SSSR count). The molecule has 0 aromatic heterocycles. The van der Waals surface area contributed by atoms with Crippen LogP contribution in [0, 0.1) is 10.1 Å². The average molecular weight is 378 g/mol. The predicted octanol–water partition coefficient (Wildman–Crippen LogP) is 4.88. The van der Waals surface area contributed by atoms with Gasteiger partial charge in [0.15, 0.2) is 0 Å². The SMILES string of the molecule is O=C(Nc1cccc(C(F)(F)F)c1C(F)(F)F)c1ccccc1[N+](=O)[O-]. The first-order valence-corrected chi connectivity index (χ1v) is 6.75. The van der Waals surface area contributed by atoms with Crippen molar-refractivity contribution < 1.29 is 36.1 Å². The van der Waals surface area contributed by atoms with Crippen molar-refractivity contribution in [1.82, 2.24) is 0 Å². The maximum absolute atomic E-state index is 13.1. The summed E-state index contributed by atoms with van der Waals surface area (Å²) >= 11 is 0. The number of carbonyl (C=O) groups excluding carboxylic acids is 1. The molecule has 0 bridgehead atoms. The van der Waals surface area contributed by atoms with Gasteiger partial charge in [-0.2, -0.15) is 26.3 Å². The van der Waals surface area contributed by atoms with E-state index in [1.165, 1.54) is 12.1 Å². The minimum Gasteiger partial charge on any atom is -0.321 e. The van der Waals surface area contributed by atoms with Crippen LogP contribution in [0.2, 0.25) is 0 Å². The summed E-state index contributed by atoms with van der Waals surface area (Å²) in [6.45, 7) is 0. The molecule has 0 saturated heterocycles. The Bertz CT molecular complexity index is 861. The monoisotopic (exact) mass is 378 g/mol. The Morgan fingerprint density at radius 3 is 2.08 bits per heavy atom. The second-order valence-electron chi connectivity index (χ2n) is 4.95. The van der Waals surface area contributed by atoms with Crippen LogP contribution in [0.1, 0.15) is 21.5 Å². The lowest BCUT2D eigenvalue weighted by atomic mass is 10.0. The number of nitrogens with zero attached hydrogens (tertiary/aromatic N) is 1. The Morgan fingerprint density at radius 1 is 0.923 bits per heavy atom. The maximum atomic E-state index is 13.1. The molecule has 2 aromatic rings. The number of amides is 1. The highest BCUT2D eigenvalue weighted by Crippen LogP contribution is 2.44. The van der Waals surface area contributed by atoms with Crippen molar-refractivity contribution in [3.8, 4) is 0 Å². The van der Waals surface area contributed by atoms with E-state index >= 15 is 0 Å². The summed E-state index contributed by atoms with van der Waals surface area (Å²) in [4.78, 5) is 22.1. The normalized spacial score (nSPS) is 11.9. The summed E-state index contributed by atoms with van der Waals surface area (Å²) in [5.74, 6) is -1.35. The number of halogens is 6. The second kappa shape index (κ2) is 6.65. The summed E-state index contributed by atoms with van der Waals surface area (Å²) in [7, 11) is 0. The third kappa shape index (κ3) is 3.92. The van der Waals surface area contributed by atoms with E-state index in [4.69, 9.17) is 0 Å². The van der Waals surface area contributed by atoms with Gasteiger partial charge < -0.3 is 5.32 Å². The molecular formula is C15H8F6N2O3. The highest BCUT2D eigenvalue weighted by molar-refractivity contribution is 6.07. The number of hydrogen-bond acceptors (Lipinski definition) is 3. The number of para-hydroxylation sites is 1. The third-order valence-corrected chi connectivity index (χ3v) is 3.25. The van der Waals surface area contributed by atoms with Crippen LogP contribution in [-0.4, -0.2) is 10.8 Å². The zero-order chi connectivity index (χ0) is 19.7. The van der Waals surface area contributed by atoms with Crippen LogP contribution in [0.15, 0.2) is 42.5 Å². The summed E-state index contributed by atoms with van der Waals surface area (Å²) < 4.78 is 78.1. The highest BCUT2D eigenvalue weighted by atomic mass is 19.4. The van der Waals surface area contributed by atoms with Gasteiger partial charge in [-0.05, 0) is 18.2 Å². The first-order chi connectivity index (χ1) is 11.9. The smallest absolute Gasteiger partial charge is 0.321 e. The van der Waals surface area contributed by atoms with Crippen LogP contribution < -0.4 is 5.32 Å². The van der Waals surface area contributed by atoms with E-state index in [1.54, 1.807) is 5.32 Å². The fourth-order valence-corrected chi connectivity index (χ4v) is 2.21. The molecule has 0 unspecified atom stereocenters. The summed E-state index contributed by atoms with van der Waals surface area (Å²) in [6.07, 6.45) is -10.7. The predicted molar refractivity (Wildman–Crippen MR) is 77.5 cm³/mol. The number of nitro benzene ring substituents is 1. The molecule has 0 atom stereocenters. The fraction of sp³-hybridized carbons (Fsp3) is 0.133. The number of anilines is 1. The molecule has 138 valence electrons. The minimum atomic E-state index is -5.42. The zero-order valence-electron chi connectivity index (χ0n) is 12.5. The van der Waals surface area contributed by atoms with Crippen LogP contribution in [0.4, 0.5) is 37.7 Å². The van der Waals surface area contributed by atoms with E-state index < -0.39 is 51.2 Å². The number of rotatable bonds is 3. The lowest BCUT2D eigenvalue weighted by molar-refractivity contribution is -0.385. The van der Waals surface area contributed by atoms with Crippen molar-refractivity contribution in [2.75, 3.05) is 5.32 Å². The van der Waals surface area contributed by atoms with Gasteiger partial charge >= 0.3 is 12.4 Å². The standard InChI is InChI=1S/C15H8F6N2O3/c16-14(17,18)9-5-3-6-10(12(9)15(19,20)21)22-13(24)8-4-1-2-7-11(8)23(25)26/h1-7H,(H,22,24). The van der Waals surface area contributed by atoms with Crippen LogP contribution in [0.25, 0.3) is 0 Å². The van der Waals surface area contributed by atoms with Crippen molar-refractivity contribution in [2.24, 2.45) is 0 Å². The first kappa shape index (κ1) is 19.2. The Labute approximate surface area is 141 Å². The number of benzene rings is 2. The molecule has 0 saturated carbocycles. The molecule has 0 aliphatic rings. The van der Waals surface area contributed by atoms with E-state index in [9.17, 15) is 41.3 Å². The van der Waals surface area contributed by atoms with Gasteiger partial charge in [0, 0.05) is 6.07 Å². The Balaban J connectivity index is 2.54. The Morgan fingerprint density at radius 2 is 1.54 bits per heavy atom. The molecule has 11 heteroatoms. The van der Waals surface area contributed by atoms with Crippen LogP contribution in [0.3, 0.4) is 0 Å². The number of nitro groups is 1. The molecule has 2 aromatic carbocycles. The summed E-state index contributed by atoms with van der Waals surface area (Å²) in [5.41, 5.74) is -6.52. The van der Waals surface area contributed by atoms with Crippen LogP contribution in [-0.2, 0) is 12.4 Å². The van der Waals surface area contributed by atoms with Gasteiger partial charge in [0.25, 0.3) is 11.6 Å². The lowest BCUT2D eigenvalue weighted by Gasteiger charge is -2.19. The van der Waals surface area contributed by atoms with Gasteiger partial charge in [0.05, 0.1) is 21.7 Å². The van der Waals surface area contributed by atoms with Gasteiger partial charge in [-0.25, -0.2) is 0 Å². The third-order valence-electron chi connectivity index (χ3n) is 3.25. The highest BCUT2D eigenvalue weighted by Gasteiger charge is 2.45. The van der Waals surface area contributed by atoms with Gasteiger partial charge in [-0.15, -0.1) is 0 Å². The molecule has 0 fully saturated rings. The van der Waals surface area contributed by atoms with Crippen molar-refractivity contribution in [3.63, 3.8) is 0 Å². The van der Waals surface area contributed by atoms with Gasteiger partial charge in [-0.3, -0.25) is 14.9 Å². The van der Waals surface area contributed by atoms with E-state index in [0.29, 0.717) is 12.1 Å². The van der Waals surface area contributed by atoms with Crippen molar-refractivity contribution in [3.05, 3.63) is 69.3 Å². The zero-order valence-corrected chi connectivity index (χ0v) is 12.5. The quantitative estimate of drug-likeness (QED) is 0.470. The van der Waals surface area contributed by atoms with Gasteiger partial charge in [-0.1, -0.05) is 18.2 Å². The molecule has 0 spiro atoms. The molecule has 0 aliphatic carbocycles. The number of nitrogens with one attached hydrogen (secondary N) is 1. The van der Waals surface area contributed by atoms with E-state index in [1.807, 2.05) is 0 Å². The van der Waals surface area contributed by atoms with E-state index in [-0.39, 0.29) is 6.07 Å². The molecule has 5 nitrogen and oxygen atoms in total. The topological polar surface area (TPSA) is 72.2 Å². The molecule has 0 radical (unpaired) electrons. The van der Waals surface area contributed by atoms with E-state index in [2.05, 4.69) is 0 Å². The Kier molecular flexibility index (Phi) is 4.92. The van der Waals surface area contributed by atoms with Gasteiger partial charge in [0.2, 0.25) is 0 Å². The van der Waals surface area contributed by atoms with Crippen molar-refractivity contribution >= 4 is 17.3 Å². The molecular weight excluding hydrogens is 370 g/mol. The Hall–Kier alpha value is -3.11. The molecule has 1 N–H and O–H groups in total. The summed E-state index contributed by atoms with van der Waals surface area (Å²) in [6, 6.07) is 5.89. The first-order valence-electron chi connectivity index (χ1n) is 6.75. The fourth-order valence-electron chi connectivity index (χ4n) is 2.21.